The average Bonchev–Trinajstić information content (AvgIpc) is 2.45. The molecule has 2 rings (SSSR count). The van der Waals surface area contributed by atoms with Gasteiger partial charge in [0, 0.05) is 5.39 Å². The first kappa shape index (κ1) is 7.72. The van der Waals surface area contributed by atoms with E-state index < -0.39 is 5.82 Å². The number of H-pyrrole nitrogens is 1. The minimum absolute atomic E-state index is 0.0922. The zero-order chi connectivity index (χ0) is 9.42. The standard InChI is InChI=1S/C8H5FN2O2/c9-5-3-1-2-4-6(5)10-8(11-13)7(4)12/h1-3,10,12H. The van der Waals surface area contributed by atoms with E-state index in [0.29, 0.717) is 0 Å². The number of aromatic amines is 1. The first-order chi connectivity index (χ1) is 6.24. The number of benzene rings is 1. The maximum Gasteiger partial charge on any atom is 0.218 e. The van der Waals surface area contributed by atoms with Crippen LogP contribution >= 0.6 is 0 Å². The Kier molecular flexibility index (Phi) is 1.51. The van der Waals surface area contributed by atoms with Gasteiger partial charge in [0.05, 0.1) is 5.52 Å². The fraction of sp³-hybridized carbons (Fsp3) is 0. The highest BCUT2D eigenvalue weighted by atomic mass is 19.1. The number of fused-ring (bicyclic) bond motifs is 1. The molecule has 13 heavy (non-hydrogen) atoms. The molecule has 0 spiro atoms. The fourth-order valence-corrected chi connectivity index (χ4v) is 1.22. The smallest absolute Gasteiger partial charge is 0.218 e. The van der Waals surface area contributed by atoms with E-state index in [1.807, 2.05) is 0 Å². The zero-order valence-electron chi connectivity index (χ0n) is 6.41. The van der Waals surface area contributed by atoms with E-state index in [9.17, 15) is 14.4 Å². The van der Waals surface area contributed by atoms with Crippen molar-refractivity contribution in [3.8, 4) is 5.75 Å². The molecule has 0 aliphatic heterocycles. The molecule has 4 nitrogen and oxygen atoms in total. The first-order valence-corrected chi connectivity index (χ1v) is 3.56. The van der Waals surface area contributed by atoms with Gasteiger partial charge in [0.2, 0.25) is 5.82 Å². The maximum atomic E-state index is 13.0. The van der Waals surface area contributed by atoms with Gasteiger partial charge in [-0.2, -0.15) is 0 Å². The SMILES string of the molecule is O=Nc1[nH]c2c(F)cccc2c1O. The van der Waals surface area contributed by atoms with Gasteiger partial charge >= 0.3 is 0 Å². The summed E-state index contributed by atoms with van der Waals surface area (Å²) in [7, 11) is 0. The maximum absolute atomic E-state index is 13.0. The third-order valence-corrected chi connectivity index (χ3v) is 1.83. The highest BCUT2D eigenvalue weighted by molar-refractivity contribution is 5.91. The van der Waals surface area contributed by atoms with Crippen molar-refractivity contribution in [1.82, 2.24) is 4.98 Å². The second kappa shape index (κ2) is 2.55. The first-order valence-electron chi connectivity index (χ1n) is 3.56. The number of nitroso groups, excluding NO2 is 1. The van der Waals surface area contributed by atoms with Gasteiger partial charge in [0.1, 0.15) is 5.82 Å². The molecule has 66 valence electrons. The van der Waals surface area contributed by atoms with Gasteiger partial charge in [-0.15, -0.1) is 4.91 Å². The van der Waals surface area contributed by atoms with Gasteiger partial charge in [-0.3, -0.25) is 0 Å². The molecule has 0 amide bonds. The van der Waals surface area contributed by atoms with Crippen LogP contribution in [0.5, 0.6) is 5.75 Å². The number of para-hydroxylation sites is 1. The van der Waals surface area contributed by atoms with Crippen LogP contribution in [0.1, 0.15) is 0 Å². The van der Waals surface area contributed by atoms with Crippen molar-refractivity contribution < 1.29 is 9.50 Å². The van der Waals surface area contributed by atoms with E-state index >= 15 is 0 Å². The number of aromatic hydroxyl groups is 1. The Morgan fingerprint density at radius 3 is 2.85 bits per heavy atom. The largest absolute Gasteiger partial charge is 0.504 e. The third kappa shape index (κ3) is 0.970. The molecular formula is C8H5FN2O2. The number of halogens is 1. The van der Waals surface area contributed by atoms with Crippen LogP contribution in [0.15, 0.2) is 23.4 Å². The number of rotatable bonds is 1. The molecule has 1 heterocycles. The summed E-state index contributed by atoms with van der Waals surface area (Å²) >= 11 is 0. The normalized spacial score (nSPS) is 10.5. The van der Waals surface area contributed by atoms with Gasteiger partial charge in [0.25, 0.3) is 0 Å². The van der Waals surface area contributed by atoms with Crippen molar-refractivity contribution >= 4 is 16.7 Å². The lowest BCUT2D eigenvalue weighted by Crippen LogP contribution is -1.74. The summed E-state index contributed by atoms with van der Waals surface area (Å²) in [4.78, 5) is 12.5. The van der Waals surface area contributed by atoms with Crippen LogP contribution in [-0.2, 0) is 0 Å². The monoisotopic (exact) mass is 180 g/mol. The fourth-order valence-electron chi connectivity index (χ4n) is 1.22. The molecule has 0 aliphatic carbocycles. The molecule has 0 saturated heterocycles. The van der Waals surface area contributed by atoms with Gasteiger partial charge in [-0.1, -0.05) is 6.07 Å². The topological polar surface area (TPSA) is 65.5 Å². The third-order valence-electron chi connectivity index (χ3n) is 1.83. The van der Waals surface area contributed by atoms with Crippen LogP contribution in [0.3, 0.4) is 0 Å². The zero-order valence-corrected chi connectivity index (χ0v) is 6.41. The number of nitrogens with zero attached hydrogens (tertiary/aromatic N) is 1. The Morgan fingerprint density at radius 2 is 2.23 bits per heavy atom. The molecule has 0 unspecified atom stereocenters. The highest BCUT2D eigenvalue weighted by Gasteiger charge is 2.12. The van der Waals surface area contributed by atoms with E-state index in [1.54, 1.807) is 0 Å². The van der Waals surface area contributed by atoms with Gasteiger partial charge < -0.3 is 10.1 Å². The molecule has 0 radical (unpaired) electrons. The Hall–Kier alpha value is -1.91. The van der Waals surface area contributed by atoms with Crippen LogP contribution in [0.2, 0.25) is 0 Å². The summed E-state index contributed by atoms with van der Waals surface area (Å²) in [5.74, 6) is -1.09. The minimum Gasteiger partial charge on any atom is -0.504 e. The molecule has 2 N–H and O–H groups in total. The molecule has 0 atom stereocenters. The van der Waals surface area contributed by atoms with Crippen LogP contribution in [-0.4, -0.2) is 10.1 Å². The van der Waals surface area contributed by atoms with E-state index in [4.69, 9.17) is 0 Å². The molecular weight excluding hydrogens is 175 g/mol. The lowest BCUT2D eigenvalue weighted by Gasteiger charge is -1.89. The molecule has 0 bridgehead atoms. The molecule has 1 aromatic carbocycles. The Bertz CT molecular complexity index is 478. The van der Waals surface area contributed by atoms with E-state index in [-0.39, 0.29) is 22.5 Å². The van der Waals surface area contributed by atoms with Crippen LogP contribution < -0.4 is 0 Å². The quantitative estimate of drug-likeness (QED) is 0.661. The molecule has 0 saturated carbocycles. The second-order valence-electron chi connectivity index (χ2n) is 2.58. The van der Waals surface area contributed by atoms with Crippen LogP contribution in [0.4, 0.5) is 10.2 Å². The predicted octanol–water partition coefficient (Wildman–Crippen LogP) is 2.41. The van der Waals surface area contributed by atoms with Gasteiger partial charge in [-0.05, 0) is 17.3 Å². The highest BCUT2D eigenvalue weighted by Crippen LogP contribution is 2.35. The molecule has 5 heteroatoms. The van der Waals surface area contributed by atoms with Crippen molar-refractivity contribution in [2.75, 3.05) is 0 Å². The van der Waals surface area contributed by atoms with Crippen LogP contribution in [0.25, 0.3) is 10.9 Å². The molecule has 0 fully saturated rings. The summed E-state index contributed by atoms with van der Waals surface area (Å²) in [6.45, 7) is 0. The number of hydrogen-bond acceptors (Lipinski definition) is 3. The van der Waals surface area contributed by atoms with Crippen molar-refractivity contribution in [1.29, 1.82) is 0 Å². The Labute approximate surface area is 72.0 Å². The van der Waals surface area contributed by atoms with Gasteiger partial charge in [-0.25, -0.2) is 4.39 Å². The van der Waals surface area contributed by atoms with E-state index in [1.165, 1.54) is 18.2 Å². The minimum atomic E-state index is -0.525. The summed E-state index contributed by atoms with van der Waals surface area (Å²) in [5.41, 5.74) is 0.0922. The van der Waals surface area contributed by atoms with Crippen molar-refractivity contribution in [3.63, 3.8) is 0 Å². The lowest BCUT2D eigenvalue weighted by atomic mass is 10.2. The van der Waals surface area contributed by atoms with Crippen LogP contribution in [0, 0.1) is 10.7 Å². The average molecular weight is 180 g/mol. The molecule has 1 aromatic heterocycles. The summed E-state index contributed by atoms with van der Waals surface area (Å²) in [6, 6.07) is 4.17. The predicted molar refractivity (Wildman–Crippen MR) is 45.4 cm³/mol. The Balaban J connectivity index is 2.91. The van der Waals surface area contributed by atoms with E-state index in [0.717, 1.165) is 0 Å². The summed E-state index contributed by atoms with van der Waals surface area (Å²) in [5, 5.41) is 12.1. The molecule has 2 aromatic rings. The van der Waals surface area contributed by atoms with Crippen molar-refractivity contribution in [3.05, 3.63) is 28.9 Å². The van der Waals surface area contributed by atoms with Gasteiger partial charge in [0.15, 0.2) is 5.75 Å². The number of aromatic nitrogens is 1. The summed E-state index contributed by atoms with van der Waals surface area (Å²) in [6.07, 6.45) is 0. The van der Waals surface area contributed by atoms with Crippen molar-refractivity contribution in [2.45, 2.75) is 0 Å². The van der Waals surface area contributed by atoms with Crippen molar-refractivity contribution in [2.24, 2.45) is 5.18 Å². The second-order valence-corrected chi connectivity index (χ2v) is 2.58. The number of nitrogens with one attached hydrogen (secondary N) is 1. The lowest BCUT2D eigenvalue weighted by molar-refractivity contribution is 0.483. The summed E-state index contributed by atoms with van der Waals surface area (Å²) < 4.78 is 13.0. The number of hydrogen-bond donors (Lipinski definition) is 2. The van der Waals surface area contributed by atoms with E-state index in [2.05, 4.69) is 10.2 Å². The molecule has 0 aliphatic rings. The Morgan fingerprint density at radius 1 is 1.46 bits per heavy atom.